The summed E-state index contributed by atoms with van der Waals surface area (Å²) in [5.41, 5.74) is 4.62. The molecule has 5 rings (SSSR count). The number of hydrogen-bond donors (Lipinski definition) is 3. The third-order valence-electron chi connectivity index (χ3n) is 9.01. The highest BCUT2D eigenvalue weighted by atomic mass is 32.1. The molecule has 14 heteroatoms. The van der Waals surface area contributed by atoms with Crippen LogP contribution in [0.25, 0.3) is 0 Å². The first-order chi connectivity index (χ1) is 27.2. The molecule has 0 saturated heterocycles. The summed E-state index contributed by atoms with van der Waals surface area (Å²) in [5, 5.41) is 17.9. The van der Waals surface area contributed by atoms with Crippen LogP contribution in [0.5, 0.6) is 28.7 Å². The van der Waals surface area contributed by atoms with Crippen LogP contribution in [-0.4, -0.2) is 64.8 Å². The highest BCUT2D eigenvalue weighted by molar-refractivity contribution is 7.11. The van der Waals surface area contributed by atoms with Crippen molar-refractivity contribution in [2.45, 2.75) is 38.5 Å². The molecule has 0 aliphatic heterocycles. The summed E-state index contributed by atoms with van der Waals surface area (Å²) < 4.78 is 26.2. The number of nitrogens with one attached hydrogen (secondary N) is 3. The van der Waals surface area contributed by atoms with Gasteiger partial charge in [-0.15, -0.1) is 11.3 Å². The lowest BCUT2D eigenvalue weighted by atomic mass is 9.84. The second-order valence-corrected chi connectivity index (χ2v) is 14.6. The summed E-state index contributed by atoms with van der Waals surface area (Å²) in [6.07, 6.45) is 1.56. The predicted molar refractivity (Wildman–Crippen MR) is 221 cm³/mol. The van der Waals surface area contributed by atoms with Crippen molar-refractivity contribution in [2.24, 2.45) is 0 Å². The molecule has 0 spiro atoms. The lowest BCUT2D eigenvalue weighted by molar-refractivity contribution is 0.0948. The average molecular weight is 794 g/mol. The zero-order valence-electron chi connectivity index (χ0n) is 33.4. The second-order valence-electron chi connectivity index (χ2n) is 13.7. The maximum atomic E-state index is 12.6. The van der Waals surface area contributed by atoms with E-state index in [1.807, 2.05) is 38.1 Å². The van der Waals surface area contributed by atoms with Gasteiger partial charge < -0.3 is 39.6 Å². The van der Waals surface area contributed by atoms with Gasteiger partial charge in [0.15, 0.2) is 23.0 Å². The molecule has 57 heavy (non-hydrogen) atoms. The van der Waals surface area contributed by atoms with Crippen LogP contribution in [0.15, 0.2) is 90.6 Å². The molecule has 3 amide bonds. The molecule has 0 fully saturated rings. The van der Waals surface area contributed by atoms with E-state index in [2.05, 4.69) is 40.9 Å². The first-order valence-corrected chi connectivity index (χ1v) is 18.5. The van der Waals surface area contributed by atoms with Crippen molar-refractivity contribution >= 4 is 40.4 Å². The highest BCUT2D eigenvalue weighted by Crippen LogP contribution is 2.33. The standard InChI is InChI=1S/C23H25N3O4S.C20H22N2O4/c1-23(2,13-25-22(28)20-12-24-14-31-20)16-6-8-17(9-7-16)26-21(27)15-5-10-18(29-3)19(11-15)30-4;1-20(2,12-21)14-7-8-15(17(11-14)25-4)22-19(23)13-6-9-16(24-3)18(10-13)26-5/h5-12,14H,13H2,1-4H3,(H,25,28)(H,26,27);6-11H,1-5H3,(H,22,23). The van der Waals surface area contributed by atoms with Gasteiger partial charge in [-0.05, 0) is 85.6 Å². The number of carbonyl (C=O) groups is 3. The van der Waals surface area contributed by atoms with Gasteiger partial charge in [-0.2, -0.15) is 5.26 Å². The molecule has 0 radical (unpaired) electrons. The Kier molecular flexibility index (Phi) is 14.6. The van der Waals surface area contributed by atoms with Gasteiger partial charge in [0, 0.05) is 28.8 Å². The number of thiazole rings is 1. The normalized spacial score (nSPS) is 10.8. The van der Waals surface area contributed by atoms with Crippen molar-refractivity contribution in [2.75, 3.05) is 52.7 Å². The summed E-state index contributed by atoms with van der Waals surface area (Å²) in [7, 11) is 7.64. The number of hydrogen-bond acceptors (Lipinski definition) is 11. The minimum atomic E-state index is -0.654. The molecule has 0 saturated carbocycles. The Hall–Kier alpha value is -6.59. The number of anilines is 2. The van der Waals surface area contributed by atoms with Crippen LogP contribution in [0.2, 0.25) is 0 Å². The first kappa shape index (κ1) is 43.1. The third-order valence-corrected chi connectivity index (χ3v) is 9.79. The fourth-order valence-electron chi connectivity index (χ4n) is 5.42. The molecule has 298 valence electrons. The van der Waals surface area contributed by atoms with Gasteiger partial charge in [0.25, 0.3) is 17.7 Å². The minimum absolute atomic E-state index is 0.130. The van der Waals surface area contributed by atoms with Crippen LogP contribution >= 0.6 is 11.3 Å². The van der Waals surface area contributed by atoms with E-state index in [9.17, 15) is 19.6 Å². The van der Waals surface area contributed by atoms with E-state index in [1.54, 1.807) is 73.4 Å². The van der Waals surface area contributed by atoms with Crippen molar-refractivity contribution in [3.63, 3.8) is 0 Å². The Morgan fingerprint density at radius 3 is 1.67 bits per heavy atom. The Bertz CT molecular complexity index is 2210. The summed E-state index contributed by atoms with van der Waals surface area (Å²) in [5.74, 6) is 1.87. The van der Waals surface area contributed by atoms with Crippen molar-refractivity contribution in [3.05, 3.63) is 118 Å². The maximum Gasteiger partial charge on any atom is 0.263 e. The average Bonchev–Trinajstić information content (AvgIpc) is 3.78. The topological polar surface area (TPSA) is 170 Å². The molecule has 0 bridgehead atoms. The quantitative estimate of drug-likeness (QED) is 0.101. The molecule has 0 unspecified atom stereocenters. The highest BCUT2D eigenvalue weighted by Gasteiger charge is 2.24. The summed E-state index contributed by atoms with van der Waals surface area (Å²) >= 11 is 1.31. The molecule has 5 aromatic rings. The smallest absolute Gasteiger partial charge is 0.263 e. The van der Waals surface area contributed by atoms with Crippen LogP contribution in [0.4, 0.5) is 11.4 Å². The van der Waals surface area contributed by atoms with Crippen LogP contribution < -0.4 is 39.6 Å². The zero-order valence-corrected chi connectivity index (χ0v) is 34.3. The molecule has 0 aliphatic rings. The van der Waals surface area contributed by atoms with Crippen LogP contribution in [0.3, 0.4) is 0 Å². The molecule has 1 heterocycles. The number of nitrogens with zero attached hydrogens (tertiary/aromatic N) is 2. The van der Waals surface area contributed by atoms with Crippen molar-refractivity contribution in [1.29, 1.82) is 5.26 Å². The van der Waals surface area contributed by atoms with Gasteiger partial charge in [-0.1, -0.05) is 32.0 Å². The Labute approximate surface area is 336 Å². The second kappa shape index (κ2) is 19.3. The molecule has 0 atom stereocenters. The van der Waals surface area contributed by atoms with Gasteiger partial charge in [0.05, 0.1) is 64.4 Å². The van der Waals surface area contributed by atoms with Crippen molar-refractivity contribution in [1.82, 2.24) is 10.3 Å². The monoisotopic (exact) mass is 793 g/mol. The van der Waals surface area contributed by atoms with E-state index in [-0.39, 0.29) is 23.1 Å². The number of benzene rings is 4. The van der Waals surface area contributed by atoms with E-state index >= 15 is 0 Å². The maximum absolute atomic E-state index is 12.6. The van der Waals surface area contributed by atoms with Gasteiger partial charge in [-0.3, -0.25) is 19.4 Å². The molecule has 1 aromatic heterocycles. The first-order valence-electron chi connectivity index (χ1n) is 17.6. The largest absolute Gasteiger partial charge is 0.495 e. The number of carbonyl (C=O) groups excluding carboxylic acids is 3. The fourth-order valence-corrected chi connectivity index (χ4v) is 5.96. The van der Waals surface area contributed by atoms with E-state index in [0.29, 0.717) is 62.7 Å². The lowest BCUT2D eigenvalue weighted by Gasteiger charge is -2.25. The zero-order chi connectivity index (χ0) is 41.8. The van der Waals surface area contributed by atoms with Gasteiger partial charge >= 0.3 is 0 Å². The van der Waals surface area contributed by atoms with Crippen LogP contribution in [0, 0.1) is 11.3 Å². The Balaban J connectivity index is 0.000000257. The molecular weight excluding hydrogens is 747 g/mol. The number of ether oxygens (including phenoxy) is 5. The number of rotatable bonds is 14. The van der Waals surface area contributed by atoms with E-state index in [4.69, 9.17) is 23.7 Å². The van der Waals surface area contributed by atoms with Crippen molar-refractivity contribution in [3.8, 4) is 34.8 Å². The van der Waals surface area contributed by atoms with E-state index in [0.717, 1.165) is 11.1 Å². The number of methoxy groups -OCH3 is 5. The molecule has 3 N–H and O–H groups in total. The molecule has 0 aliphatic carbocycles. The predicted octanol–water partition coefficient (Wildman–Crippen LogP) is 7.89. The van der Waals surface area contributed by atoms with Gasteiger partial charge in [-0.25, -0.2) is 0 Å². The summed E-state index contributed by atoms with van der Waals surface area (Å²) in [6.45, 7) is 8.22. The summed E-state index contributed by atoms with van der Waals surface area (Å²) in [6, 6.07) is 25.1. The number of aromatic nitrogens is 1. The number of nitriles is 1. The van der Waals surface area contributed by atoms with E-state index < -0.39 is 5.41 Å². The lowest BCUT2D eigenvalue weighted by Crippen LogP contribution is -2.36. The summed E-state index contributed by atoms with van der Waals surface area (Å²) in [4.78, 5) is 41.9. The van der Waals surface area contributed by atoms with Crippen LogP contribution in [0.1, 0.15) is 69.2 Å². The molecular formula is C43H47N5O8S. The Morgan fingerprint density at radius 2 is 1.18 bits per heavy atom. The minimum Gasteiger partial charge on any atom is -0.495 e. The fraction of sp³-hybridized carbons (Fsp3) is 0.279. The Morgan fingerprint density at radius 1 is 0.649 bits per heavy atom. The van der Waals surface area contributed by atoms with Crippen LogP contribution in [-0.2, 0) is 10.8 Å². The molecule has 13 nitrogen and oxygen atoms in total. The third kappa shape index (κ3) is 11.0. The molecule has 4 aromatic carbocycles. The van der Waals surface area contributed by atoms with Crippen molar-refractivity contribution < 1.29 is 38.1 Å². The SMILES string of the molecule is COc1cc(C(C)(C)C#N)ccc1NC(=O)c1ccc(OC)c(OC)c1.COc1ccc(C(=O)Nc2ccc(C(C)(C)CNC(=O)c3cncs3)cc2)cc1OC. The van der Waals surface area contributed by atoms with E-state index in [1.165, 1.54) is 39.8 Å². The van der Waals surface area contributed by atoms with Gasteiger partial charge in [0.2, 0.25) is 0 Å². The number of amides is 3. The van der Waals surface area contributed by atoms with Gasteiger partial charge in [0.1, 0.15) is 10.6 Å².